The van der Waals surface area contributed by atoms with Crippen molar-refractivity contribution < 1.29 is 27.4 Å². The fraction of sp³-hybridized carbons (Fsp3) is 0.286. The van der Waals surface area contributed by atoms with E-state index in [2.05, 4.69) is 0 Å². The Balaban J connectivity index is 2.21. The first-order chi connectivity index (χ1) is 14.4. The van der Waals surface area contributed by atoms with Crippen LogP contribution in [0.25, 0.3) is 10.9 Å². The molecule has 0 fully saturated rings. The minimum atomic E-state index is -3.94. The molecule has 0 bridgehead atoms. The van der Waals surface area contributed by atoms with Crippen molar-refractivity contribution >= 4 is 32.6 Å². The normalized spacial score (nSPS) is 11.5. The number of aromatic nitrogens is 1. The molecule has 0 atom stereocenters. The smallest absolute Gasteiger partial charge is 0.355 e. The zero-order valence-corrected chi connectivity index (χ0v) is 18.1. The number of benzene rings is 2. The monoisotopic (exact) mass is 432 g/mol. The molecule has 0 aliphatic heterocycles. The van der Waals surface area contributed by atoms with Crippen molar-refractivity contribution in [1.29, 1.82) is 0 Å². The quantitative estimate of drug-likeness (QED) is 0.508. The molecule has 1 aromatic heterocycles. The average Bonchev–Trinajstić information content (AvgIpc) is 3.12. The predicted octanol–water partition coefficient (Wildman–Crippen LogP) is 3.26. The third kappa shape index (κ3) is 3.73. The number of anilines is 1. The van der Waals surface area contributed by atoms with Crippen LogP contribution in [0.2, 0.25) is 0 Å². The number of hydrogen-bond donors (Lipinski definition) is 0. The largest absolute Gasteiger partial charge is 0.495 e. The number of carbonyl (C=O) groups excluding carboxylic acids is 1. The van der Waals surface area contributed by atoms with Crippen molar-refractivity contribution in [3.63, 3.8) is 0 Å². The van der Waals surface area contributed by atoms with Gasteiger partial charge in [-0.2, -0.15) is 0 Å². The van der Waals surface area contributed by atoms with Crippen molar-refractivity contribution in [2.24, 2.45) is 0 Å². The molecule has 0 unspecified atom stereocenters. The molecule has 160 valence electrons. The van der Waals surface area contributed by atoms with Crippen LogP contribution in [0, 0.1) is 0 Å². The molecule has 30 heavy (non-hydrogen) atoms. The summed E-state index contributed by atoms with van der Waals surface area (Å²) in [6, 6.07) is 13.3. The summed E-state index contributed by atoms with van der Waals surface area (Å²) >= 11 is 0. The Morgan fingerprint density at radius 3 is 2.50 bits per heavy atom. The molecule has 0 N–H and O–H groups in total. The van der Waals surface area contributed by atoms with Gasteiger partial charge in [0.05, 0.1) is 24.9 Å². The first kappa shape index (κ1) is 21.7. The highest BCUT2D eigenvalue weighted by atomic mass is 32.2. The second-order valence-corrected chi connectivity index (χ2v) is 8.37. The second kappa shape index (κ2) is 8.76. The minimum Gasteiger partial charge on any atom is -0.495 e. The summed E-state index contributed by atoms with van der Waals surface area (Å²) in [6.45, 7) is 2.00. The van der Waals surface area contributed by atoms with Crippen LogP contribution in [-0.2, 0) is 26.2 Å². The van der Waals surface area contributed by atoms with Gasteiger partial charge < -0.3 is 18.8 Å². The highest BCUT2D eigenvalue weighted by molar-refractivity contribution is 7.93. The first-order valence-electron chi connectivity index (χ1n) is 9.27. The molecule has 0 spiro atoms. The highest BCUT2D eigenvalue weighted by Crippen LogP contribution is 2.34. The van der Waals surface area contributed by atoms with E-state index in [4.69, 9.17) is 14.2 Å². The Morgan fingerprint density at radius 1 is 1.10 bits per heavy atom. The molecule has 0 aliphatic rings. The number of carbonyl (C=O) groups is 1. The maximum atomic E-state index is 13.4. The van der Waals surface area contributed by atoms with Crippen LogP contribution in [0.5, 0.6) is 5.75 Å². The van der Waals surface area contributed by atoms with E-state index >= 15 is 0 Å². The van der Waals surface area contributed by atoms with Crippen molar-refractivity contribution in [3.05, 3.63) is 54.2 Å². The molecule has 0 aliphatic carbocycles. The average molecular weight is 432 g/mol. The molecular weight excluding hydrogens is 408 g/mol. The van der Waals surface area contributed by atoms with Gasteiger partial charge >= 0.3 is 5.97 Å². The number of methoxy groups -OCH3 is 2. The lowest BCUT2D eigenvalue weighted by atomic mass is 10.2. The maximum Gasteiger partial charge on any atom is 0.355 e. The fourth-order valence-corrected chi connectivity index (χ4v) is 4.66. The van der Waals surface area contributed by atoms with Crippen LogP contribution >= 0.6 is 0 Å². The predicted molar refractivity (Wildman–Crippen MR) is 113 cm³/mol. The fourth-order valence-electron chi connectivity index (χ4n) is 3.31. The molecule has 0 radical (unpaired) electrons. The molecular formula is C21H24N2O6S. The Hall–Kier alpha value is -3.04. The van der Waals surface area contributed by atoms with Crippen molar-refractivity contribution in [3.8, 4) is 5.75 Å². The summed E-state index contributed by atoms with van der Waals surface area (Å²) in [5, 5.41) is 0.690. The summed E-state index contributed by atoms with van der Waals surface area (Å²) in [4.78, 5) is 12.5. The number of esters is 1. The molecule has 2 aromatic carbocycles. The van der Waals surface area contributed by atoms with E-state index in [-0.39, 0.29) is 29.7 Å². The van der Waals surface area contributed by atoms with E-state index in [9.17, 15) is 13.2 Å². The number of ether oxygens (including phenoxy) is 3. The van der Waals surface area contributed by atoms with E-state index in [1.165, 1.54) is 31.6 Å². The Morgan fingerprint density at radius 2 is 1.83 bits per heavy atom. The molecule has 3 rings (SSSR count). The van der Waals surface area contributed by atoms with Crippen molar-refractivity contribution in [2.75, 3.05) is 32.2 Å². The molecule has 8 nitrogen and oxygen atoms in total. The van der Waals surface area contributed by atoms with Crippen LogP contribution in [0.3, 0.4) is 0 Å². The van der Waals surface area contributed by atoms with Gasteiger partial charge in [0.2, 0.25) is 0 Å². The van der Waals surface area contributed by atoms with E-state index in [0.29, 0.717) is 16.6 Å². The Bertz CT molecular complexity index is 1170. The van der Waals surface area contributed by atoms with Crippen LogP contribution in [-0.4, -0.2) is 46.8 Å². The van der Waals surface area contributed by atoms with Gasteiger partial charge in [-0.3, -0.25) is 4.31 Å². The lowest BCUT2D eigenvalue weighted by molar-refractivity contribution is 0.0496. The molecule has 9 heteroatoms. The van der Waals surface area contributed by atoms with Gasteiger partial charge in [-0.15, -0.1) is 0 Å². The summed E-state index contributed by atoms with van der Waals surface area (Å²) in [6.07, 6.45) is 0. The third-order valence-corrected chi connectivity index (χ3v) is 6.50. The molecule has 0 saturated carbocycles. The van der Waals surface area contributed by atoms with Gasteiger partial charge in [0.1, 0.15) is 23.1 Å². The molecule has 0 saturated heterocycles. The van der Waals surface area contributed by atoms with Crippen LogP contribution in [0.15, 0.2) is 53.4 Å². The number of sulfonamides is 1. The minimum absolute atomic E-state index is 0.0440. The SMILES string of the molecule is CCOC(=O)c1cc2cccc(N(C)S(=O)(=O)c3ccccc3OC)c2n1COC. The zero-order chi connectivity index (χ0) is 21.9. The Kier molecular flexibility index (Phi) is 6.33. The number of hydrogen-bond acceptors (Lipinski definition) is 6. The van der Waals surface area contributed by atoms with Gasteiger partial charge in [0.15, 0.2) is 0 Å². The highest BCUT2D eigenvalue weighted by Gasteiger charge is 2.28. The lowest BCUT2D eigenvalue weighted by Crippen LogP contribution is -2.27. The van der Waals surface area contributed by atoms with E-state index < -0.39 is 16.0 Å². The standard InChI is InChI=1S/C21H24N2O6S/c1-5-29-21(24)17-13-15-9-8-10-16(20(15)23(17)14-27-3)22(2)30(25,26)19-12-7-6-11-18(19)28-4/h6-13H,5,14H2,1-4H3. The van der Waals surface area contributed by atoms with E-state index in [0.717, 1.165) is 0 Å². The van der Waals surface area contributed by atoms with Crippen LogP contribution in [0.1, 0.15) is 17.4 Å². The first-order valence-corrected chi connectivity index (χ1v) is 10.7. The Labute approximate surface area is 175 Å². The van der Waals surface area contributed by atoms with Gasteiger partial charge in [0.25, 0.3) is 10.0 Å². The maximum absolute atomic E-state index is 13.4. The topological polar surface area (TPSA) is 87.1 Å². The third-order valence-electron chi connectivity index (χ3n) is 4.69. The van der Waals surface area contributed by atoms with Gasteiger partial charge in [-0.05, 0) is 31.2 Å². The molecule has 0 amide bonds. The summed E-state index contributed by atoms with van der Waals surface area (Å²) in [7, 11) is 0.442. The number of fused-ring (bicyclic) bond motifs is 1. The number of nitrogens with zero attached hydrogens (tertiary/aromatic N) is 2. The number of para-hydroxylation sites is 2. The van der Waals surface area contributed by atoms with Crippen LogP contribution < -0.4 is 9.04 Å². The van der Waals surface area contributed by atoms with Crippen molar-refractivity contribution in [1.82, 2.24) is 4.57 Å². The van der Waals surface area contributed by atoms with Gasteiger partial charge in [0, 0.05) is 19.5 Å². The second-order valence-electron chi connectivity index (χ2n) is 6.43. The van der Waals surface area contributed by atoms with Crippen molar-refractivity contribution in [2.45, 2.75) is 18.6 Å². The molecule has 1 heterocycles. The molecule has 3 aromatic rings. The van der Waals surface area contributed by atoms with Gasteiger partial charge in [-0.1, -0.05) is 24.3 Å². The zero-order valence-electron chi connectivity index (χ0n) is 17.3. The van der Waals surface area contributed by atoms with E-state index in [1.54, 1.807) is 54.0 Å². The summed E-state index contributed by atoms with van der Waals surface area (Å²) in [5.41, 5.74) is 1.22. The number of rotatable bonds is 8. The summed E-state index contributed by atoms with van der Waals surface area (Å²) < 4.78 is 45.2. The van der Waals surface area contributed by atoms with E-state index in [1.807, 2.05) is 0 Å². The van der Waals surface area contributed by atoms with Crippen LogP contribution in [0.4, 0.5) is 5.69 Å². The summed E-state index contributed by atoms with van der Waals surface area (Å²) in [5.74, 6) is -0.261. The lowest BCUT2D eigenvalue weighted by Gasteiger charge is -2.22. The van der Waals surface area contributed by atoms with Gasteiger partial charge in [-0.25, -0.2) is 13.2 Å².